The number of ether oxygens (including phenoxy) is 1. The highest BCUT2D eigenvalue weighted by atomic mass is 16.6. The van der Waals surface area contributed by atoms with Gasteiger partial charge in [0, 0.05) is 51.4 Å². The highest BCUT2D eigenvalue weighted by Crippen LogP contribution is 2.19. The number of fused-ring (bicyclic) bond motifs is 1. The summed E-state index contributed by atoms with van der Waals surface area (Å²) in [6.45, 7) is 6.23. The number of likely N-dealkylation sites (tertiary alicyclic amines) is 1. The largest absolute Gasteiger partial charge is 0.450 e. The number of amides is 2. The van der Waals surface area contributed by atoms with Crippen LogP contribution < -0.4 is 5.73 Å². The first-order valence-corrected chi connectivity index (χ1v) is 8.10. The molecule has 2 aliphatic rings. The minimum atomic E-state index is -0.483. The van der Waals surface area contributed by atoms with E-state index in [1.165, 1.54) is 0 Å². The fourth-order valence-electron chi connectivity index (χ4n) is 3.34. The Morgan fingerprint density at radius 3 is 2.91 bits per heavy atom. The first-order valence-electron chi connectivity index (χ1n) is 8.10. The lowest BCUT2D eigenvalue weighted by Gasteiger charge is -2.27. The number of imidazole rings is 1. The molecule has 8 heteroatoms. The Labute approximate surface area is 135 Å². The molecule has 0 aliphatic carbocycles. The number of hydrogen-bond donors (Lipinski definition) is 1. The van der Waals surface area contributed by atoms with Crippen LogP contribution in [0.5, 0.6) is 0 Å². The lowest BCUT2D eigenvalue weighted by atomic mass is 10.2. The van der Waals surface area contributed by atoms with Gasteiger partial charge in [-0.05, 0) is 13.3 Å². The van der Waals surface area contributed by atoms with Gasteiger partial charge in [0.05, 0.1) is 6.61 Å². The maximum atomic E-state index is 11.8. The van der Waals surface area contributed by atoms with Crippen molar-refractivity contribution in [2.24, 2.45) is 5.73 Å². The molecule has 0 radical (unpaired) electrons. The molecule has 8 nitrogen and oxygen atoms in total. The summed E-state index contributed by atoms with van der Waals surface area (Å²) in [5.74, 6) is 0.421. The fourth-order valence-corrected chi connectivity index (χ4v) is 3.34. The third kappa shape index (κ3) is 3.31. The molecule has 1 aromatic rings. The Kier molecular flexibility index (Phi) is 4.51. The van der Waals surface area contributed by atoms with Crippen LogP contribution in [0.25, 0.3) is 0 Å². The van der Waals surface area contributed by atoms with Crippen molar-refractivity contribution in [2.75, 3.05) is 32.8 Å². The molecule has 2 amide bonds. The number of nitrogens with two attached hydrogens (primary N) is 1. The van der Waals surface area contributed by atoms with Gasteiger partial charge < -0.3 is 19.9 Å². The summed E-state index contributed by atoms with van der Waals surface area (Å²) < 4.78 is 7.08. The van der Waals surface area contributed by atoms with E-state index in [4.69, 9.17) is 10.5 Å². The smallest absolute Gasteiger partial charge is 0.409 e. The molecule has 23 heavy (non-hydrogen) atoms. The number of aromatic nitrogens is 2. The Morgan fingerprint density at radius 1 is 1.35 bits per heavy atom. The molecular formula is C15H23N5O3. The molecule has 0 spiro atoms. The van der Waals surface area contributed by atoms with Gasteiger partial charge in [0.15, 0.2) is 0 Å². The van der Waals surface area contributed by atoms with Gasteiger partial charge in [0.2, 0.25) is 0 Å². The van der Waals surface area contributed by atoms with Crippen LogP contribution in [0.15, 0.2) is 6.20 Å². The van der Waals surface area contributed by atoms with Crippen molar-refractivity contribution in [3.8, 4) is 0 Å². The highest BCUT2D eigenvalue weighted by Gasteiger charge is 2.32. The zero-order valence-corrected chi connectivity index (χ0v) is 13.4. The van der Waals surface area contributed by atoms with E-state index in [9.17, 15) is 9.59 Å². The highest BCUT2D eigenvalue weighted by molar-refractivity contribution is 5.90. The van der Waals surface area contributed by atoms with Gasteiger partial charge in [0.1, 0.15) is 11.5 Å². The second-order valence-electron chi connectivity index (χ2n) is 5.97. The number of hydrogen-bond acceptors (Lipinski definition) is 5. The van der Waals surface area contributed by atoms with E-state index in [2.05, 4.69) is 9.88 Å². The van der Waals surface area contributed by atoms with Crippen LogP contribution in [-0.4, -0.2) is 70.2 Å². The molecule has 1 unspecified atom stereocenters. The topological polar surface area (TPSA) is 93.7 Å². The van der Waals surface area contributed by atoms with E-state index in [1.807, 2.05) is 11.5 Å². The van der Waals surface area contributed by atoms with Crippen LogP contribution in [0.3, 0.4) is 0 Å². The van der Waals surface area contributed by atoms with E-state index < -0.39 is 5.91 Å². The molecule has 3 heterocycles. The van der Waals surface area contributed by atoms with Crippen LogP contribution in [0, 0.1) is 0 Å². The van der Waals surface area contributed by atoms with Crippen molar-refractivity contribution in [1.29, 1.82) is 0 Å². The number of nitrogens with zero attached hydrogens (tertiary/aromatic N) is 4. The number of carbonyl (C=O) groups excluding carboxylic acids is 2. The molecule has 126 valence electrons. The third-order valence-corrected chi connectivity index (χ3v) is 4.57. The summed E-state index contributed by atoms with van der Waals surface area (Å²) >= 11 is 0. The van der Waals surface area contributed by atoms with Crippen molar-refractivity contribution in [3.63, 3.8) is 0 Å². The molecular weight excluding hydrogens is 298 g/mol. The summed E-state index contributed by atoms with van der Waals surface area (Å²) in [6, 6.07) is 0.361. The van der Waals surface area contributed by atoms with Crippen molar-refractivity contribution < 1.29 is 14.3 Å². The normalized spacial score (nSPS) is 21.8. The van der Waals surface area contributed by atoms with Gasteiger partial charge in [-0.25, -0.2) is 9.78 Å². The van der Waals surface area contributed by atoms with Crippen molar-refractivity contribution in [3.05, 3.63) is 17.7 Å². The molecule has 1 saturated heterocycles. The Morgan fingerprint density at radius 2 is 2.17 bits per heavy atom. The minimum Gasteiger partial charge on any atom is -0.450 e. The molecule has 0 aromatic carbocycles. The molecule has 2 aliphatic heterocycles. The van der Waals surface area contributed by atoms with Crippen molar-refractivity contribution >= 4 is 12.0 Å². The monoisotopic (exact) mass is 321 g/mol. The molecule has 1 fully saturated rings. The molecule has 0 saturated carbocycles. The van der Waals surface area contributed by atoms with Gasteiger partial charge in [-0.1, -0.05) is 0 Å². The van der Waals surface area contributed by atoms with E-state index in [0.29, 0.717) is 24.9 Å². The van der Waals surface area contributed by atoms with Crippen LogP contribution >= 0.6 is 0 Å². The minimum absolute atomic E-state index is 0.219. The Bertz CT molecular complexity index is 574. The first-order chi connectivity index (χ1) is 11.1. The molecule has 3 rings (SSSR count). The van der Waals surface area contributed by atoms with Crippen molar-refractivity contribution in [1.82, 2.24) is 19.4 Å². The Hall–Kier alpha value is -2.09. The van der Waals surface area contributed by atoms with Gasteiger partial charge >= 0.3 is 6.09 Å². The van der Waals surface area contributed by atoms with Crippen LogP contribution in [0.4, 0.5) is 4.79 Å². The molecule has 1 atom stereocenters. The lowest BCUT2D eigenvalue weighted by Crippen LogP contribution is -2.40. The summed E-state index contributed by atoms with van der Waals surface area (Å²) in [5, 5.41) is 0. The van der Waals surface area contributed by atoms with E-state index in [-0.39, 0.29) is 6.09 Å². The summed E-state index contributed by atoms with van der Waals surface area (Å²) in [6.07, 6.45) is 3.27. The third-order valence-electron chi connectivity index (χ3n) is 4.57. The zero-order valence-electron chi connectivity index (χ0n) is 13.4. The molecule has 0 bridgehead atoms. The number of primary amides is 1. The SMILES string of the molecule is CCOC(=O)N1CCC(N2CCc3nc(C(N)=O)cn3CC2)C1. The van der Waals surface area contributed by atoms with Crippen LogP contribution in [-0.2, 0) is 17.7 Å². The molecule has 2 N–H and O–H groups in total. The lowest BCUT2D eigenvalue weighted by molar-refractivity contribution is 0.0995. The quantitative estimate of drug-likeness (QED) is 0.850. The van der Waals surface area contributed by atoms with Crippen molar-refractivity contribution in [2.45, 2.75) is 32.4 Å². The van der Waals surface area contributed by atoms with Crippen LogP contribution in [0.2, 0.25) is 0 Å². The van der Waals surface area contributed by atoms with Gasteiger partial charge in [-0.15, -0.1) is 0 Å². The average Bonchev–Trinajstić information content (AvgIpc) is 3.12. The standard InChI is InChI=1S/C15H23N5O3/c1-2-23-15(22)20-5-3-11(9-20)18-6-4-13-17-12(14(16)21)10-19(13)8-7-18/h10-11H,2-9H2,1H3,(H2,16,21). The first kappa shape index (κ1) is 15.8. The average molecular weight is 321 g/mol. The predicted molar refractivity (Wildman–Crippen MR) is 83.0 cm³/mol. The maximum absolute atomic E-state index is 11.8. The van der Waals surface area contributed by atoms with E-state index >= 15 is 0 Å². The maximum Gasteiger partial charge on any atom is 0.409 e. The summed E-state index contributed by atoms with van der Waals surface area (Å²) in [7, 11) is 0. The second kappa shape index (κ2) is 6.57. The summed E-state index contributed by atoms with van der Waals surface area (Å²) in [4.78, 5) is 31.5. The van der Waals surface area contributed by atoms with Gasteiger partial charge in [0.25, 0.3) is 5.91 Å². The molecule has 1 aromatic heterocycles. The number of carbonyl (C=O) groups is 2. The van der Waals surface area contributed by atoms with Gasteiger partial charge in [-0.2, -0.15) is 0 Å². The van der Waals surface area contributed by atoms with E-state index in [1.54, 1.807) is 11.1 Å². The fraction of sp³-hybridized carbons (Fsp3) is 0.667. The Balaban J connectivity index is 1.59. The predicted octanol–water partition coefficient (Wildman–Crippen LogP) is 0.0709. The van der Waals surface area contributed by atoms with Crippen LogP contribution in [0.1, 0.15) is 29.7 Å². The zero-order chi connectivity index (χ0) is 16.4. The summed E-state index contributed by atoms with van der Waals surface area (Å²) in [5.41, 5.74) is 5.62. The number of rotatable bonds is 3. The second-order valence-corrected chi connectivity index (χ2v) is 5.97. The van der Waals surface area contributed by atoms with Gasteiger partial charge in [-0.3, -0.25) is 9.69 Å². The van der Waals surface area contributed by atoms with E-state index in [0.717, 1.165) is 44.8 Å².